The lowest BCUT2D eigenvalue weighted by atomic mass is 9.78. The van der Waals surface area contributed by atoms with E-state index in [9.17, 15) is 26.4 Å². The van der Waals surface area contributed by atoms with Crippen molar-refractivity contribution in [1.29, 1.82) is 0 Å². The second-order valence-corrected chi connectivity index (χ2v) is 11.8. The van der Waals surface area contributed by atoms with Crippen molar-refractivity contribution in [2.45, 2.75) is 30.3 Å². The first kappa shape index (κ1) is 27.7. The Bertz CT molecular complexity index is 1200. The van der Waals surface area contributed by atoms with Crippen LogP contribution in [0.2, 0.25) is 5.02 Å². The highest BCUT2D eigenvalue weighted by Crippen LogP contribution is 2.38. The normalized spacial score (nSPS) is 21.6. The summed E-state index contributed by atoms with van der Waals surface area (Å²) in [6.07, 6.45) is -3.69. The van der Waals surface area contributed by atoms with Crippen LogP contribution in [0.15, 0.2) is 53.4 Å². The lowest BCUT2D eigenvalue weighted by Crippen LogP contribution is -2.51. The number of rotatable bonds is 7. The Hall–Kier alpha value is -2.34. The molecule has 2 aliphatic heterocycles. The van der Waals surface area contributed by atoms with Crippen molar-refractivity contribution in [2.75, 3.05) is 46.0 Å². The first-order chi connectivity index (χ1) is 17.5. The van der Waals surface area contributed by atoms with Crippen LogP contribution in [-0.4, -0.2) is 69.5 Å². The summed E-state index contributed by atoms with van der Waals surface area (Å²) >= 11 is 5.95. The predicted molar refractivity (Wildman–Crippen MR) is 131 cm³/mol. The van der Waals surface area contributed by atoms with Gasteiger partial charge in [0.15, 0.2) is 0 Å². The van der Waals surface area contributed by atoms with E-state index in [4.69, 9.17) is 21.1 Å². The number of hydrogen-bond acceptors (Lipinski definition) is 5. The number of halogens is 4. The third-order valence-corrected chi connectivity index (χ3v) is 8.77. The molecule has 2 heterocycles. The standard InChI is InChI=1S/C25H28ClF3N2O5S/c26-20-5-7-21(8-6-20)36-18-24(16-23(32)30-11-13-35-14-12-30)9-2-10-31(17-24)37(33,34)22-4-1-3-19(15-22)25(27,28)29/h1,3-8,15H,2,9-14,16-18H2/t24-/m0/s1. The van der Waals surface area contributed by atoms with Crippen molar-refractivity contribution < 1.29 is 35.9 Å². The van der Waals surface area contributed by atoms with Crippen LogP contribution >= 0.6 is 11.6 Å². The van der Waals surface area contributed by atoms with Crippen molar-refractivity contribution in [1.82, 2.24) is 9.21 Å². The van der Waals surface area contributed by atoms with Gasteiger partial charge in [-0.05, 0) is 55.3 Å². The first-order valence-corrected chi connectivity index (χ1v) is 13.7. The summed E-state index contributed by atoms with van der Waals surface area (Å²) in [5.41, 5.74) is -1.91. The minimum absolute atomic E-state index is 0.0369. The van der Waals surface area contributed by atoms with Crippen LogP contribution in [0.4, 0.5) is 13.2 Å². The van der Waals surface area contributed by atoms with Gasteiger partial charge >= 0.3 is 6.18 Å². The zero-order valence-corrected chi connectivity index (χ0v) is 21.6. The molecule has 202 valence electrons. The molecule has 12 heteroatoms. The van der Waals surface area contributed by atoms with Crippen LogP contribution < -0.4 is 4.74 Å². The van der Waals surface area contributed by atoms with Crippen molar-refractivity contribution in [3.05, 3.63) is 59.1 Å². The van der Waals surface area contributed by atoms with Gasteiger partial charge in [0, 0.05) is 43.0 Å². The van der Waals surface area contributed by atoms with Crippen LogP contribution in [0, 0.1) is 5.41 Å². The predicted octanol–water partition coefficient (Wildman–Crippen LogP) is 4.46. The van der Waals surface area contributed by atoms with E-state index < -0.39 is 32.1 Å². The largest absolute Gasteiger partial charge is 0.493 e. The molecule has 2 aromatic carbocycles. The molecule has 0 spiro atoms. The minimum Gasteiger partial charge on any atom is -0.493 e. The molecule has 7 nitrogen and oxygen atoms in total. The van der Waals surface area contributed by atoms with Gasteiger partial charge in [-0.25, -0.2) is 8.42 Å². The summed E-state index contributed by atoms with van der Waals surface area (Å²) in [7, 11) is -4.25. The van der Waals surface area contributed by atoms with Gasteiger partial charge in [-0.3, -0.25) is 4.79 Å². The van der Waals surface area contributed by atoms with E-state index in [1.54, 1.807) is 29.2 Å². The monoisotopic (exact) mass is 560 g/mol. The molecule has 0 bridgehead atoms. The third kappa shape index (κ3) is 6.76. The maximum absolute atomic E-state index is 13.4. The molecule has 0 aromatic heterocycles. The Balaban J connectivity index is 1.60. The van der Waals surface area contributed by atoms with Crippen LogP contribution in [0.3, 0.4) is 0 Å². The highest BCUT2D eigenvalue weighted by Gasteiger charge is 2.43. The molecule has 0 N–H and O–H groups in total. The van der Waals surface area contributed by atoms with Gasteiger partial charge < -0.3 is 14.4 Å². The number of carbonyl (C=O) groups excluding carboxylic acids is 1. The summed E-state index contributed by atoms with van der Waals surface area (Å²) in [6.45, 7) is 1.87. The first-order valence-electron chi connectivity index (χ1n) is 11.9. The molecule has 0 aliphatic carbocycles. The smallest absolute Gasteiger partial charge is 0.416 e. The van der Waals surface area contributed by atoms with Crippen LogP contribution in [-0.2, 0) is 25.7 Å². The average molecular weight is 561 g/mol. The summed E-state index contributed by atoms with van der Waals surface area (Å²) in [5.74, 6) is 0.377. The molecule has 2 aromatic rings. The van der Waals surface area contributed by atoms with Crippen molar-refractivity contribution >= 4 is 27.5 Å². The molecule has 4 rings (SSSR count). The second-order valence-electron chi connectivity index (χ2n) is 9.38. The lowest BCUT2D eigenvalue weighted by molar-refractivity contribution is -0.139. The van der Waals surface area contributed by atoms with Crippen molar-refractivity contribution in [3.8, 4) is 5.75 Å². The minimum atomic E-state index is -4.67. The van der Waals surface area contributed by atoms with Gasteiger partial charge in [0.2, 0.25) is 15.9 Å². The number of amides is 1. The highest BCUT2D eigenvalue weighted by atomic mass is 35.5. The third-order valence-electron chi connectivity index (χ3n) is 6.67. The Labute approximate surface area is 219 Å². The van der Waals surface area contributed by atoms with Crippen molar-refractivity contribution in [2.24, 2.45) is 5.41 Å². The van der Waals surface area contributed by atoms with E-state index in [1.165, 1.54) is 4.31 Å². The molecule has 37 heavy (non-hydrogen) atoms. The van der Waals surface area contributed by atoms with E-state index in [-0.39, 0.29) is 32.0 Å². The summed E-state index contributed by atoms with van der Waals surface area (Å²) in [5, 5.41) is 0.528. The van der Waals surface area contributed by atoms with Gasteiger partial charge in [0.25, 0.3) is 0 Å². The molecule has 2 fully saturated rings. The molecular weight excluding hydrogens is 533 g/mol. The van der Waals surface area contributed by atoms with Gasteiger partial charge in [0.1, 0.15) is 5.75 Å². The summed E-state index contributed by atoms with van der Waals surface area (Å²) < 4.78 is 79.1. The van der Waals surface area contributed by atoms with Crippen molar-refractivity contribution in [3.63, 3.8) is 0 Å². The number of alkyl halides is 3. The Morgan fingerprint density at radius 2 is 1.78 bits per heavy atom. The zero-order valence-electron chi connectivity index (χ0n) is 20.0. The van der Waals surface area contributed by atoms with Gasteiger partial charge in [-0.15, -0.1) is 0 Å². The fourth-order valence-corrected chi connectivity index (χ4v) is 6.44. The summed E-state index contributed by atoms with van der Waals surface area (Å²) in [4.78, 5) is 14.5. The number of hydrogen-bond donors (Lipinski definition) is 0. The Morgan fingerprint density at radius 3 is 2.46 bits per heavy atom. The number of carbonyl (C=O) groups is 1. The van der Waals surface area contributed by atoms with E-state index in [0.29, 0.717) is 56.0 Å². The van der Waals surface area contributed by atoms with Gasteiger partial charge in [0.05, 0.1) is 30.3 Å². The molecule has 0 unspecified atom stereocenters. The molecule has 1 amide bonds. The van der Waals surface area contributed by atoms with Crippen LogP contribution in [0.1, 0.15) is 24.8 Å². The second kappa shape index (κ2) is 11.2. The number of benzene rings is 2. The average Bonchev–Trinajstić information content (AvgIpc) is 2.88. The maximum atomic E-state index is 13.4. The molecule has 2 aliphatic rings. The topological polar surface area (TPSA) is 76.2 Å². The molecular formula is C25H28ClF3N2O5S. The molecule has 1 atom stereocenters. The maximum Gasteiger partial charge on any atom is 0.416 e. The summed E-state index contributed by atoms with van der Waals surface area (Å²) in [6, 6.07) is 10.4. The van der Waals surface area contributed by atoms with E-state index in [0.717, 1.165) is 18.2 Å². The lowest BCUT2D eigenvalue weighted by Gasteiger charge is -2.42. The Kier molecular flexibility index (Phi) is 8.37. The van der Waals surface area contributed by atoms with Crippen LogP contribution in [0.25, 0.3) is 0 Å². The number of nitrogens with zero attached hydrogens (tertiary/aromatic N) is 2. The van der Waals surface area contributed by atoms with Crippen LogP contribution in [0.5, 0.6) is 5.75 Å². The van der Waals surface area contributed by atoms with E-state index in [2.05, 4.69) is 0 Å². The zero-order chi connectivity index (χ0) is 26.7. The van der Waals surface area contributed by atoms with Gasteiger partial charge in [-0.1, -0.05) is 17.7 Å². The fourth-order valence-electron chi connectivity index (χ4n) is 4.68. The fraction of sp³-hybridized carbons (Fsp3) is 0.480. The number of piperidine rings is 1. The van der Waals surface area contributed by atoms with Gasteiger partial charge in [-0.2, -0.15) is 17.5 Å². The quantitative estimate of drug-likeness (QED) is 0.500. The number of morpholine rings is 1. The number of ether oxygens (including phenoxy) is 2. The highest BCUT2D eigenvalue weighted by molar-refractivity contribution is 7.89. The Morgan fingerprint density at radius 1 is 1.08 bits per heavy atom. The number of sulfonamides is 1. The van der Waals surface area contributed by atoms with E-state index >= 15 is 0 Å². The SMILES string of the molecule is O=C(C[C@@]1(COc2ccc(Cl)cc2)CCCN(S(=O)(=O)c2cccc(C(F)(F)F)c2)C1)N1CCOCC1. The van der Waals surface area contributed by atoms with E-state index in [1.807, 2.05) is 0 Å². The molecule has 2 saturated heterocycles. The molecule has 0 radical (unpaired) electrons. The molecule has 0 saturated carbocycles.